The third-order valence-corrected chi connectivity index (χ3v) is 7.43. The third kappa shape index (κ3) is 4.94. The Bertz CT molecular complexity index is 1360. The average molecular weight is 504 g/mol. The zero-order chi connectivity index (χ0) is 25.2. The van der Waals surface area contributed by atoms with Gasteiger partial charge in [-0.25, -0.2) is 4.98 Å². The highest BCUT2D eigenvalue weighted by Gasteiger charge is 2.19. The molecule has 0 spiro atoms. The summed E-state index contributed by atoms with van der Waals surface area (Å²) in [5.74, 6) is 1.68. The molecule has 3 heterocycles. The van der Waals surface area contributed by atoms with Crippen LogP contribution in [0, 0.1) is 0 Å². The van der Waals surface area contributed by atoms with Crippen molar-refractivity contribution >= 4 is 45.9 Å². The normalized spacial score (nSPS) is 14.5. The number of rotatable bonds is 7. The van der Waals surface area contributed by atoms with Gasteiger partial charge in [0, 0.05) is 54.3 Å². The van der Waals surface area contributed by atoms with Crippen LogP contribution in [0.25, 0.3) is 16.7 Å². The van der Waals surface area contributed by atoms with Gasteiger partial charge in [-0.05, 0) is 37.4 Å². The minimum atomic E-state index is 0.231. The lowest BCUT2D eigenvalue weighted by atomic mass is 10.2. The van der Waals surface area contributed by atoms with E-state index in [0.29, 0.717) is 11.1 Å². The summed E-state index contributed by atoms with van der Waals surface area (Å²) in [5, 5.41) is 3.99. The van der Waals surface area contributed by atoms with Crippen LogP contribution in [0.15, 0.2) is 59.6 Å². The fourth-order valence-corrected chi connectivity index (χ4v) is 5.44. The molecule has 1 aliphatic rings. The summed E-state index contributed by atoms with van der Waals surface area (Å²) in [5.41, 5.74) is 10.8. The zero-order valence-electron chi connectivity index (χ0n) is 21.2. The van der Waals surface area contributed by atoms with Gasteiger partial charge in [0.15, 0.2) is 5.82 Å². The van der Waals surface area contributed by atoms with Crippen molar-refractivity contribution in [2.45, 2.75) is 24.0 Å². The van der Waals surface area contributed by atoms with Crippen molar-refractivity contribution in [2.75, 3.05) is 56.3 Å². The standard InChI is InChI=1S/C27H33N7OS/c1-18(2)36-24-8-6-5-7-20(24)29-26-25-21(30-27(28)31-26)11-12-34(25)22-10-9-19(17-23(22)35-4)33-15-13-32(3)14-16-33/h5-12,17-18H,13-16H2,1-4H3,(H3,28,29,30,31). The van der Waals surface area contributed by atoms with E-state index in [9.17, 15) is 0 Å². The monoisotopic (exact) mass is 503 g/mol. The van der Waals surface area contributed by atoms with E-state index < -0.39 is 0 Å². The topological polar surface area (TPSA) is 84.5 Å². The summed E-state index contributed by atoms with van der Waals surface area (Å²) in [4.78, 5) is 15.0. The van der Waals surface area contributed by atoms with E-state index in [2.05, 4.69) is 86.9 Å². The first kappa shape index (κ1) is 24.3. The maximum atomic E-state index is 6.10. The molecule has 188 valence electrons. The summed E-state index contributed by atoms with van der Waals surface area (Å²) >= 11 is 1.81. The number of hydrogen-bond donors (Lipinski definition) is 2. The van der Waals surface area contributed by atoms with Crippen LogP contribution in [0.2, 0.25) is 0 Å². The van der Waals surface area contributed by atoms with Crippen LogP contribution in [0.5, 0.6) is 5.75 Å². The van der Waals surface area contributed by atoms with Crippen LogP contribution in [-0.2, 0) is 0 Å². The van der Waals surface area contributed by atoms with Crippen molar-refractivity contribution in [2.24, 2.45) is 0 Å². The molecule has 0 saturated carbocycles. The number of thioether (sulfide) groups is 1. The Kier molecular flexibility index (Phi) is 6.93. The van der Waals surface area contributed by atoms with Crippen LogP contribution in [0.3, 0.4) is 0 Å². The number of nitrogens with zero attached hydrogens (tertiary/aromatic N) is 5. The molecule has 0 aliphatic carbocycles. The average Bonchev–Trinajstić information content (AvgIpc) is 3.28. The highest BCUT2D eigenvalue weighted by molar-refractivity contribution is 8.00. The van der Waals surface area contributed by atoms with E-state index in [1.165, 1.54) is 5.69 Å². The number of nitrogen functional groups attached to an aromatic ring is 1. The molecule has 36 heavy (non-hydrogen) atoms. The van der Waals surface area contributed by atoms with Gasteiger partial charge in [0.05, 0.1) is 24.0 Å². The van der Waals surface area contributed by atoms with Crippen molar-refractivity contribution in [3.8, 4) is 11.4 Å². The van der Waals surface area contributed by atoms with Gasteiger partial charge < -0.3 is 30.2 Å². The van der Waals surface area contributed by atoms with Crippen LogP contribution >= 0.6 is 11.8 Å². The van der Waals surface area contributed by atoms with E-state index in [0.717, 1.165) is 59.2 Å². The molecular formula is C27H33N7OS. The number of nitrogens with one attached hydrogen (secondary N) is 1. The Balaban J connectivity index is 1.56. The Morgan fingerprint density at radius 2 is 1.81 bits per heavy atom. The summed E-state index contributed by atoms with van der Waals surface area (Å²) < 4.78 is 7.94. The zero-order valence-corrected chi connectivity index (χ0v) is 22.0. The van der Waals surface area contributed by atoms with E-state index in [1.807, 2.05) is 18.3 Å². The summed E-state index contributed by atoms with van der Waals surface area (Å²) in [6.07, 6.45) is 1.99. The molecule has 3 N–H and O–H groups in total. The Labute approximate surface area is 216 Å². The van der Waals surface area contributed by atoms with Crippen LogP contribution in [0.4, 0.5) is 23.1 Å². The predicted octanol–water partition coefficient (Wildman–Crippen LogP) is 5.01. The molecule has 0 amide bonds. The second-order valence-electron chi connectivity index (χ2n) is 9.28. The van der Waals surface area contributed by atoms with Gasteiger partial charge in [-0.1, -0.05) is 26.0 Å². The van der Waals surface area contributed by atoms with Crippen LogP contribution in [0.1, 0.15) is 13.8 Å². The molecule has 2 aromatic heterocycles. The van der Waals surface area contributed by atoms with E-state index in [-0.39, 0.29) is 5.95 Å². The van der Waals surface area contributed by atoms with E-state index >= 15 is 0 Å². The number of aromatic nitrogens is 3. The smallest absolute Gasteiger partial charge is 0.222 e. The van der Waals surface area contributed by atoms with Gasteiger partial charge in [0.1, 0.15) is 11.3 Å². The maximum Gasteiger partial charge on any atom is 0.222 e. The number of hydrogen-bond acceptors (Lipinski definition) is 8. The lowest BCUT2D eigenvalue weighted by molar-refractivity contribution is 0.312. The number of likely N-dealkylation sites (N-methyl/N-ethyl adjacent to an activating group) is 1. The molecule has 4 aromatic rings. The van der Waals surface area contributed by atoms with E-state index in [1.54, 1.807) is 18.9 Å². The van der Waals surface area contributed by atoms with Crippen molar-refractivity contribution in [3.63, 3.8) is 0 Å². The lowest BCUT2D eigenvalue weighted by Gasteiger charge is -2.34. The van der Waals surface area contributed by atoms with Gasteiger partial charge in [-0.2, -0.15) is 4.98 Å². The molecule has 0 radical (unpaired) electrons. The Morgan fingerprint density at radius 3 is 2.56 bits per heavy atom. The molecule has 2 aromatic carbocycles. The second-order valence-corrected chi connectivity index (χ2v) is 10.9. The minimum Gasteiger partial charge on any atom is -0.494 e. The van der Waals surface area contributed by atoms with Crippen LogP contribution in [-0.4, -0.2) is 65.0 Å². The van der Waals surface area contributed by atoms with Gasteiger partial charge in [0.25, 0.3) is 0 Å². The highest BCUT2D eigenvalue weighted by Crippen LogP contribution is 2.36. The fraction of sp³-hybridized carbons (Fsp3) is 0.333. The Morgan fingerprint density at radius 1 is 1.03 bits per heavy atom. The van der Waals surface area contributed by atoms with Crippen molar-refractivity contribution in [1.29, 1.82) is 0 Å². The summed E-state index contributed by atoms with van der Waals surface area (Å²) in [7, 11) is 3.88. The highest BCUT2D eigenvalue weighted by atomic mass is 32.2. The number of methoxy groups -OCH3 is 1. The van der Waals surface area contributed by atoms with Crippen molar-refractivity contribution < 1.29 is 4.74 Å². The predicted molar refractivity (Wildman–Crippen MR) is 150 cm³/mol. The number of fused-ring (bicyclic) bond motifs is 1. The first-order valence-corrected chi connectivity index (χ1v) is 13.1. The Hall–Kier alpha value is -3.43. The molecule has 1 aliphatic heterocycles. The summed E-state index contributed by atoms with van der Waals surface area (Å²) in [6.45, 7) is 8.48. The molecule has 1 fully saturated rings. The van der Waals surface area contributed by atoms with E-state index in [4.69, 9.17) is 10.5 Å². The first-order chi connectivity index (χ1) is 17.4. The minimum absolute atomic E-state index is 0.231. The van der Waals surface area contributed by atoms with Crippen molar-refractivity contribution in [3.05, 3.63) is 54.7 Å². The fourth-order valence-electron chi connectivity index (χ4n) is 4.53. The van der Waals surface area contributed by atoms with Crippen molar-refractivity contribution in [1.82, 2.24) is 19.4 Å². The number of para-hydroxylation sites is 1. The van der Waals surface area contributed by atoms with Gasteiger partial charge in [0.2, 0.25) is 5.95 Å². The molecule has 8 nitrogen and oxygen atoms in total. The quantitative estimate of drug-likeness (QED) is 0.341. The number of ether oxygens (including phenoxy) is 1. The molecule has 1 saturated heterocycles. The summed E-state index contributed by atoms with van der Waals surface area (Å²) in [6, 6.07) is 16.6. The first-order valence-electron chi connectivity index (χ1n) is 12.2. The number of benzene rings is 2. The SMILES string of the molecule is COc1cc(N2CCN(C)CC2)ccc1-n1ccc2nc(N)nc(Nc3ccccc3SC(C)C)c21. The largest absolute Gasteiger partial charge is 0.494 e. The molecule has 0 unspecified atom stereocenters. The third-order valence-electron chi connectivity index (χ3n) is 6.34. The molecule has 0 atom stereocenters. The molecule has 0 bridgehead atoms. The number of piperazine rings is 1. The van der Waals surface area contributed by atoms with Crippen LogP contribution < -0.4 is 20.7 Å². The molecule has 9 heteroatoms. The van der Waals surface area contributed by atoms with Gasteiger partial charge >= 0.3 is 0 Å². The number of nitrogens with two attached hydrogens (primary N) is 1. The second kappa shape index (κ2) is 10.3. The number of anilines is 4. The maximum absolute atomic E-state index is 6.10. The molecule has 5 rings (SSSR count). The van der Waals surface area contributed by atoms with Gasteiger partial charge in [-0.15, -0.1) is 11.8 Å². The van der Waals surface area contributed by atoms with Gasteiger partial charge in [-0.3, -0.25) is 0 Å². The lowest BCUT2D eigenvalue weighted by Crippen LogP contribution is -2.44. The molecular weight excluding hydrogens is 470 g/mol.